The molecule has 1 rings (SSSR count). The summed E-state index contributed by atoms with van der Waals surface area (Å²) in [6.07, 6.45) is 1.06. The summed E-state index contributed by atoms with van der Waals surface area (Å²) in [5.41, 5.74) is -1.69. The molecule has 0 spiro atoms. The highest BCUT2D eigenvalue weighted by Crippen LogP contribution is 2.22. The zero-order valence-corrected chi connectivity index (χ0v) is 10.0. The normalized spacial score (nSPS) is 13.8. The number of hydrogen-bond acceptors (Lipinski definition) is 8. The van der Waals surface area contributed by atoms with Crippen LogP contribution < -0.4 is 10.6 Å². The van der Waals surface area contributed by atoms with Crippen molar-refractivity contribution in [1.82, 2.24) is 9.97 Å². The van der Waals surface area contributed by atoms with Gasteiger partial charge >= 0.3 is 5.69 Å². The van der Waals surface area contributed by atoms with Crippen molar-refractivity contribution in [1.29, 1.82) is 0 Å². The topological polar surface area (TPSA) is 133 Å². The predicted octanol–water partition coefficient (Wildman–Crippen LogP) is -0.418. The van der Waals surface area contributed by atoms with Crippen molar-refractivity contribution < 1.29 is 15.1 Å². The highest BCUT2D eigenvalue weighted by molar-refractivity contribution is 5.57. The van der Waals surface area contributed by atoms with E-state index >= 15 is 0 Å². The van der Waals surface area contributed by atoms with Gasteiger partial charge in [0.2, 0.25) is 11.8 Å². The molecule has 1 aromatic heterocycles. The number of nitrogens with zero attached hydrogens (tertiary/aromatic N) is 3. The zero-order valence-electron chi connectivity index (χ0n) is 10.0. The number of nitro groups is 1. The minimum atomic E-state index is -1.39. The maximum absolute atomic E-state index is 10.8. The predicted molar refractivity (Wildman–Crippen MR) is 64.4 cm³/mol. The number of rotatable bonds is 6. The average Bonchev–Trinajstić information content (AvgIpc) is 2.36. The Morgan fingerprint density at radius 2 is 2.28 bits per heavy atom. The lowest BCUT2D eigenvalue weighted by Crippen LogP contribution is -2.37. The lowest BCUT2D eigenvalue weighted by Gasteiger charge is -2.20. The molecule has 9 heteroatoms. The Hall–Kier alpha value is -2.00. The van der Waals surface area contributed by atoms with Crippen LogP contribution in [-0.4, -0.2) is 50.9 Å². The minimum Gasteiger partial charge on any atom is -0.393 e. The molecule has 0 aliphatic carbocycles. The fraction of sp³-hybridized carbons (Fsp3) is 0.556. The fourth-order valence-corrected chi connectivity index (χ4v) is 1.09. The Balaban J connectivity index is 2.94. The van der Waals surface area contributed by atoms with E-state index in [2.05, 4.69) is 20.6 Å². The molecule has 0 aliphatic rings. The summed E-state index contributed by atoms with van der Waals surface area (Å²) in [6.45, 7) is 0.842. The van der Waals surface area contributed by atoms with E-state index in [1.54, 1.807) is 7.05 Å². The van der Waals surface area contributed by atoms with Gasteiger partial charge in [0.15, 0.2) is 0 Å². The lowest BCUT2D eigenvalue weighted by molar-refractivity contribution is -0.384. The van der Waals surface area contributed by atoms with Crippen molar-refractivity contribution in [3.8, 4) is 0 Å². The van der Waals surface area contributed by atoms with E-state index in [9.17, 15) is 15.2 Å². The van der Waals surface area contributed by atoms with Crippen LogP contribution >= 0.6 is 0 Å². The number of hydrogen-bond donors (Lipinski definition) is 4. The van der Waals surface area contributed by atoms with Gasteiger partial charge in [0, 0.05) is 13.6 Å². The molecule has 1 aromatic rings. The maximum Gasteiger partial charge on any atom is 0.329 e. The second kappa shape index (κ2) is 5.56. The van der Waals surface area contributed by atoms with E-state index in [-0.39, 0.29) is 24.0 Å². The quantitative estimate of drug-likeness (QED) is 0.399. The van der Waals surface area contributed by atoms with Crippen molar-refractivity contribution in [2.75, 3.05) is 30.8 Å². The molecule has 1 atom stereocenters. The molecule has 0 saturated carbocycles. The number of anilines is 2. The number of aromatic nitrogens is 2. The van der Waals surface area contributed by atoms with Crippen molar-refractivity contribution in [2.45, 2.75) is 12.5 Å². The van der Waals surface area contributed by atoms with Crippen molar-refractivity contribution in [2.24, 2.45) is 0 Å². The third-order valence-corrected chi connectivity index (χ3v) is 2.17. The molecule has 0 aromatic carbocycles. The highest BCUT2D eigenvalue weighted by Gasteiger charge is 2.22. The van der Waals surface area contributed by atoms with Crippen LogP contribution in [0.3, 0.4) is 0 Å². The van der Waals surface area contributed by atoms with Crippen LogP contribution in [-0.2, 0) is 0 Å². The van der Waals surface area contributed by atoms with Crippen LogP contribution in [0.2, 0.25) is 0 Å². The average molecular weight is 257 g/mol. The van der Waals surface area contributed by atoms with Gasteiger partial charge in [-0.2, -0.15) is 4.98 Å². The lowest BCUT2D eigenvalue weighted by atomic mass is 10.1. The smallest absolute Gasteiger partial charge is 0.329 e. The Morgan fingerprint density at radius 1 is 1.61 bits per heavy atom. The van der Waals surface area contributed by atoms with Gasteiger partial charge in [-0.15, -0.1) is 0 Å². The third-order valence-electron chi connectivity index (χ3n) is 2.17. The third kappa shape index (κ3) is 3.50. The van der Waals surface area contributed by atoms with Crippen LogP contribution in [0.1, 0.15) is 6.92 Å². The second-order valence-electron chi connectivity index (χ2n) is 3.94. The Bertz CT molecular complexity index is 437. The van der Waals surface area contributed by atoms with Gasteiger partial charge < -0.3 is 20.8 Å². The van der Waals surface area contributed by atoms with E-state index in [1.807, 2.05) is 0 Å². The molecule has 0 radical (unpaired) electrons. The number of nitrogens with one attached hydrogen (secondary N) is 2. The summed E-state index contributed by atoms with van der Waals surface area (Å²) in [5, 5.41) is 34.5. The molecule has 4 N–H and O–H groups in total. The minimum absolute atomic E-state index is 0.0203. The van der Waals surface area contributed by atoms with Gasteiger partial charge in [0.05, 0.1) is 11.5 Å². The molecule has 0 amide bonds. The summed E-state index contributed by atoms with van der Waals surface area (Å²) < 4.78 is 0. The first-order valence-electron chi connectivity index (χ1n) is 5.16. The highest BCUT2D eigenvalue weighted by atomic mass is 16.6. The summed E-state index contributed by atoms with van der Waals surface area (Å²) in [5.74, 6) is 0.194. The van der Waals surface area contributed by atoms with Gasteiger partial charge in [-0.1, -0.05) is 0 Å². The van der Waals surface area contributed by atoms with Gasteiger partial charge in [-0.3, -0.25) is 10.1 Å². The van der Waals surface area contributed by atoms with E-state index < -0.39 is 17.1 Å². The molecular formula is C9H15N5O4. The zero-order chi connectivity index (χ0) is 13.8. The maximum atomic E-state index is 10.8. The summed E-state index contributed by atoms with van der Waals surface area (Å²) in [4.78, 5) is 17.7. The summed E-state index contributed by atoms with van der Waals surface area (Å²) >= 11 is 0. The first-order chi connectivity index (χ1) is 8.39. The number of aliphatic hydroxyl groups excluding tert-OH is 1. The van der Waals surface area contributed by atoms with Crippen LogP contribution in [0.25, 0.3) is 0 Å². The monoisotopic (exact) mass is 257 g/mol. The van der Waals surface area contributed by atoms with E-state index in [4.69, 9.17) is 5.11 Å². The molecule has 9 nitrogen and oxygen atoms in total. The Morgan fingerprint density at radius 3 is 2.78 bits per heavy atom. The van der Waals surface area contributed by atoms with Gasteiger partial charge in [0.25, 0.3) is 0 Å². The van der Waals surface area contributed by atoms with Crippen molar-refractivity contribution in [3.63, 3.8) is 0 Å². The second-order valence-corrected chi connectivity index (χ2v) is 3.94. The molecular weight excluding hydrogens is 242 g/mol. The van der Waals surface area contributed by atoms with Gasteiger partial charge in [-0.25, -0.2) is 4.98 Å². The summed E-state index contributed by atoms with van der Waals surface area (Å²) in [6, 6.07) is 0. The molecule has 100 valence electrons. The molecule has 0 saturated heterocycles. The van der Waals surface area contributed by atoms with Crippen molar-refractivity contribution in [3.05, 3.63) is 16.3 Å². The Kier molecular flexibility index (Phi) is 4.34. The molecule has 0 fully saturated rings. The van der Waals surface area contributed by atoms with Crippen molar-refractivity contribution >= 4 is 17.5 Å². The van der Waals surface area contributed by atoms with Crippen LogP contribution in [0.5, 0.6) is 0 Å². The van der Waals surface area contributed by atoms with Gasteiger partial charge in [0.1, 0.15) is 11.8 Å². The molecule has 0 bridgehead atoms. The largest absolute Gasteiger partial charge is 0.393 e. The standard InChI is InChI=1S/C9H15N5O4/c1-9(16,5-15)4-12-7-6(14(17)18)3-11-8(10-2)13-7/h3,15-16H,4-5H2,1-2H3,(H2,10,11,12,13). The first kappa shape index (κ1) is 14.1. The van der Waals surface area contributed by atoms with Crippen LogP contribution in [0, 0.1) is 10.1 Å². The van der Waals surface area contributed by atoms with Gasteiger partial charge in [-0.05, 0) is 6.92 Å². The summed E-state index contributed by atoms with van der Waals surface area (Å²) in [7, 11) is 1.58. The Labute approximate surface area is 103 Å². The first-order valence-corrected chi connectivity index (χ1v) is 5.16. The van der Waals surface area contributed by atoms with E-state index in [0.29, 0.717) is 0 Å². The molecule has 18 heavy (non-hydrogen) atoms. The molecule has 1 heterocycles. The van der Waals surface area contributed by atoms with Crippen LogP contribution in [0.4, 0.5) is 17.5 Å². The molecule has 1 unspecified atom stereocenters. The van der Waals surface area contributed by atoms with Crippen LogP contribution in [0.15, 0.2) is 6.20 Å². The fourth-order valence-electron chi connectivity index (χ4n) is 1.09. The number of aliphatic hydroxyl groups is 2. The molecule has 0 aliphatic heterocycles. The SMILES string of the molecule is CNc1ncc([N+](=O)[O-])c(NCC(C)(O)CO)n1. The van der Waals surface area contributed by atoms with E-state index in [1.165, 1.54) is 6.92 Å². The van der Waals surface area contributed by atoms with E-state index in [0.717, 1.165) is 6.20 Å².